The first-order valence-electron chi connectivity index (χ1n) is 16.4. The standard InChI is InChI=1S/C35H49N3O6/c1-6-20-36(25-14-16-26(17-15-25)43-8-3)32(40)29-28-18-19-35(44-28)30(29)33(41)38(27(22-39)23(4)5)31(35)34(42)37(21-7-2)24-12-10-9-11-13-24/h6-7,14-17,23-24,27-31,39H,1-2,8-13,18-22H2,3-5H3/t27-,28-,29+,30-,31?,35?/m0/s1. The Morgan fingerprint density at radius 3 is 2.36 bits per heavy atom. The second-order valence-corrected chi connectivity index (χ2v) is 13.0. The Morgan fingerprint density at radius 1 is 1.09 bits per heavy atom. The lowest BCUT2D eigenvalue weighted by atomic mass is 9.70. The molecule has 0 radical (unpaired) electrons. The fourth-order valence-electron chi connectivity index (χ4n) is 8.26. The average Bonchev–Trinajstić information content (AvgIpc) is 3.67. The summed E-state index contributed by atoms with van der Waals surface area (Å²) >= 11 is 0. The Bertz CT molecular complexity index is 1230. The van der Waals surface area contributed by atoms with Crippen molar-refractivity contribution in [2.75, 3.05) is 31.2 Å². The van der Waals surface area contributed by atoms with Crippen LogP contribution in [0.25, 0.3) is 0 Å². The van der Waals surface area contributed by atoms with Crippen LogP contribution in [0.1, 0.15) is 65.7 Å². The van der Waals surface area contributed by atoms with Gasteiger partial charge in [-0.05, 0) is 62.8 Å². The van der Waals surface area contributed by atoms with Gasteiger partial charge in [-0.25, -0.2) is 0 Å². The van der Waals surface area contributed by atoms with Gasteiger partial charge in [-0.3, -0.25) is 14.4 Å². The molecule has 240 valence electrons. The molecule has 4 fully saturated rings. The number of likely N-dealkylation sites (tertiary alicyclic amines) is 1. The molecule has 1 aliphatic carbocycles. The van der Waals surface area contributed by atoms with E-state index in [9.17, 15) is 19.5 Å². The minimum Gasteiger partial charge on any atom is -0.494 e. The van der Waals surface area contributed by atoms with Crippen LogP contribution >= 0.6 is 0 Å². The summed E-state index contributed by atoms with van der Waals surface area (Å²) in [5.41, 5.74) is -0.455. The Morgan fingerprint density at radius 2 is 1.77 bits per heavy atom. The molecule has 3 amide bonds. The number of benzene rings is 1. The third kappa shape index (κ3) is 5.47. The number of fused-ring (bicyclic) bond motifs is 1. The molecular weight excluding hydrogens is 558 g/mol. The zero-order chi connectivity index (χ0) is 31.6. The van der Waals surface area contributed by atoms with Crippen molar-refractivity contribution in [2.24, 2.45) is 17.8 Å². The van der Waals surface area contributed by atoms with E-state index in [4.69, 9.17) is 9.47 Å². The molecule has 6 atom stereocenters. The summed E-state index contributed by atoms with van der Waals surface area (Å²) in [7, 11) is 0. The molecule has 9 nitrogen and oxygen atoms in total. The van der Waals surface area contributed by atoms with Gasteiger partial charge in [0.25, 0.3) is 0 Å². The van der Waals surface area contributed by atoms with Gasteiger partial charge in [0.15, 0.2) is 0 Å². The zero-order valence-corrected chi connectivity index (χ0v) is 26.5. The van der Waals surface area contributed by atoms with E-state index in [0.717, 1.165) is 32.1 Å². The quantitative estimate of drug-likeness (QED) is 0.335. The molecule has 1 saturated carbocycles. The highest BCUT2D eigenvalue weighted by Crippen LogP contribution is 2.59. The minimum atomic E-state index is -1.13. The maximum atomic E-state index is 14.8. The van der Waals surface area contributed by atoms with Crippen LogP contribution in [0.5, 0.6) is 5.75 Å². The number of aliphatic hydroxyl groups is 1. The summed E-state index contributed by atoms with van der Waals surface area (Å²) < 4.78 is 12.3. The van der Waals surface area contributed by atoms with Crippen molar-refractivity contribution in [2.45, 2.75) is 95.5 Å². The van der Waals surface area contributed by atoms with Crippen molar-refractivity contribution in [1.82, 2.24) is 9.80 Å². The van der Waals surface area contributed by atoms with Crippen LogP contribution in [0, 0.1) is 17.8 Å². The molecule has 3 heterocycles. The molecule has 1 N–H and O–H groups in total. The van der Waals surface area contributed by atoms with Gasteiger partial charge in [-0.15, -0.1) is 13.2 Å². The van der Waals surface area contributed by atoms with Gasteiger partial charge >= 0.3 is 0 Å². The van der Waals surface area contributed by atoms with Crippen molar-refractivity contribution in [3.05, 3.63) is 49.6 Å². The zero-order valence-electron chi connectivity index (χ0n) is 26.5. The van der Waals surface area contributed by atoms with Crippen molar-refractivity contribution < 1.29 is 29.0 Å². The summed E-state index contributed by atoms with van der Waals surface area (Å²) in [6.45, 7) is 14.5. The van der Waals surface area contributed by atoms with E-state index in [1.807, 2.05) is 49.9 Å². The molecule has 1 aromatic rings. The molecule has 1 aromatic carbocycles. The van der Waals surface area contributed by atoms with E-state index in [0.29, 0.717) is 37.4 Å². The summed E-state index contributed by atoms with van der Waals surface area (Å²) in [6, 6.07) is 5.89. The Kier molecular flexibility index (Phi) is 9.85. The van der Waals surface area contributed by atoms with Crippen LogP contribution in [0.2, 0.25) is 0 Å². The van der Waals surface area contributed by atoms with E-state index in [1.165, 1.54) is 0 Å². The molecule has 2 unspecified atom stereocenters. The second-order valence-electron chi connectivity index (χ2n) is 13.0. The highest BCUT2D eigenvalue weighted by molar-refractivity contribution is 6.03. The van der Waals surface area contributed by atoms with Crippen LogP contribution in [0.15, 0.2) is 49.6 Å². The molecule has 1 spiro atoms. The summed E-state index contributed by atoms with van der Waals surface area (Å²) in [4.78, 5) is 49.1. The number of aliphatic hydroxyl groups excluding tert-OH is 1. The van der Waals surface area contributed by atoms with Crippen molar-refractivity contribution in [1.29, 1.82) is 0 Å². The van der Waals surface area contributed by atoms with E-state index < -0.39 is 35.6 Å². The number of hydrogen-bond donors (Lipinski definition) is 1. The van der Waals surface area contributed by atoms with Gasteiger partial charge < -0.3 is 29.3 Å². The molecule has 44 heavy (non-hydrogen) atoms. The van der Waals surface area contributed by atoms with E-state index >= 15 is 0 Å². The highest BCUT2D eigenvalue weighted by atomic mass is 16.5. The lowest BCUT2D eigenvalue weighted by Crippen LogP contribution is -2.61. The number of hydrogen-bond acceptors (Lipinski definition) is 6. The first-order valence-corrected chi connectivity index (χ1v) is 16.4. The smallest absolute Gasteiger partial charge is 0.248 e. The van der Waals surface area contributed by atoms with Crippen LogP contribution in [0.4, 0.5) is 5.69 Å². The minimum absolute atomic E-state index is 0.0621. The molecule has 4 aliphatic rings. The van der Waals surface area contributed by atoms with Gasteiger partial charge in [0, 0.05) is 24.8 Å². The number of ether oxygens (including phenoxy) is 2. The van der Waals surface area contributed by atoms with Crippen molar-refractivity contribution in [3.63, 3.8) is 0 Å². The van der Waals surface area contributed by atoms with Crippen LogP contribution < -0.4 is 9.64 Å². The largest absolute Gasteiger partial charge is 0.494 e. The number of amides is 3. The molecule has 2 bridgehead atoms. The molecule has 3 saturated heterocycles. The van der Waals surface area contributed by atoms with Gasteiger partial charge in [0.2, 0.25) is 17.7 Å². The number of carbonyl (C=O) groups excluding carboxylic acids is 3. The molecule has 5 rings (SSSR count). The predicted octanol–water partition coefficient (Wildman–Crippen LogP) is 4.34. The Labute approximate surface area is 261 Å². The monoisotopic (exact) mass is 607 g/mol. The van der Waals surface area contributed by atoms with E-state index in [-0.39, 0.29) is 42.8 Å². The molecular formula is C35H49N3O6. The fourth-order valence-corrected chi connectivity index (χ4v) is 8.26. The highest BCUT2D eigenvalue weighted by Gasteiger charge is 2.75. The number of nitrogens with zero attached hydrogens (tertiary/aromatic N) is 3. The van der Waals surface area contributed by atoms with Gasteiger partial charge in [0.1, 0.15) is 17.4 Å². The van der Waals surface area contributed by atoms with Crippen LogP contribution in [-0.2, 0) is 19.1 Å². The Hall–Kier alpha value is -3.17. The summed E-state index contributed by atoms with van der Waals surface area (Å²) in [5, 5.41) is 10.6. The average molecular weight is 608 g/mol. The Balaban J connectivity index is 1.54. The SMILES string of the molecule is C=CCN(C(=O)[C@@H]1[C@@H]2CCC3(O2)C(C(=O)N(CC=C)C2CCCCC2)N([C@@H](CO)C(C)C)C(=O)[C@H]13)c1ccc(OCC)cc1. The predicted molar refractivity (Wildman–Crippen MR) is 169 cm³/mol. The van der Waals surface area contributed by atoms with Crippen LogP contribution in [-0.4, -0.2) is 88.8 Å². The number of rotatable bonds is 13. The summed E-state index contributed by atoms with van der Waals surface area (Å²) in [5.74, 6) is -1.62. The number of anilines is 1. The maximum Gasteiger partial charge on any atom is 0.248 e. The lowest BCUT2D eigenvalue weighted by Gasteiger charge is -2.43. The van der Waals surface area contributed by atoms with E-state index in [1.54, 1.807) is 22.0 Å². The van der Waals surface area contributed by atoms with Gasteiger partial charge in [0.05, 0.1) is 37.2 Å². The maximum absolute atomic E-state index is 14.8. The third-order valence-corrected chi connectivity index (χ3v) is 10.2. The molecule has 0 aromatic heterocycles. The van der Waals surface area contributed by atoms with Crippen molar-refractivity contribution in [3.8, 4) is 5.75 Å². The number of carbonyl (C=O) groups is 3. The van der Waals surface area contributed by atoms with Crippen LogP contribution in [0.3, 0.4) is 0 Å². The fraction of sp³-hybridized carbons (Fsp3) is 0.629. The first-order chi connectivity index (χ1) is 21.2. The van der Waals surface area contributed by atoms with Gasteiger partial charge in [-0.1, -0.05) is 45.3 Å². The topological polar surface area (TPSA) is 99.6 Å². The second kappa shape index (κ2) is 13.4. The van der Waals surface area contributed by atoms with E-state index in [2.05, 4.69) is 13.2 Å². The third-order valence-electron chi connectivity index (χ3n) is 10.2. The lowest BCUT2D eigenvalue weighted by molar-refractivity contribution is -0.154. The summed E-state index contributed by atoms with van der Waals surface area (Å²) in [6.07, 6.45) is 9.12. The first kappa shape index (κ1) is 32.2. The normalized spacial score (nSPS) is 28.6. The molecule has 9 heteroatoms. The molecule has 3 aliphatic heterocycles. The van der Waals surface area contributed by atoms with Gasteiger partial charge in [-0.2, -0.15) is 0 Å². The van der Waals surface area contributed by atoms with Crippen molar-refractivity contribution >= 4 is 23.4 Å².